The molecule has 1 aromatic heterocycles. The minimum atomic E-state index is -0.406. The Hall–Kier alpha value is -2.24. The third kappa shape index (κ3) is 2.22. The zero-order chi connectivity index (χ0) is 11.5. The number of amides is 2. The largest absolute Gasteiger partial charge is 0.305 e. The van der Waals surface area contributed by atoms with Gasteiger partial charge >= 0.3 is 0 Å². The highest BCUT2D eigenvalue weighted by molar-refractivity contribution is 6.46. The number of hydrazone groups is 1. The summed E-state index contributed by atoms with van der Waals surface area (Å²) in [6.45, 7) is 1.83. The van der Waals surface area contributed by atoms with Gasteiger partial charge in [0, 0.05) is 5.69 Å². The van der Waals surface area contributed by atoms with E-state index in [2.05, 4.69) is 20.8 Å². The Bertz CT molecular complexity index is 481. The first kappa shape index (κ1) is 10.3. The number of hydrogen-bond acceptors (Lipinski definition) is 4. The van der Waals surface area contributed by atoms with Crippen LogP contribution in [0.5, 0.6) is 0 Å². The van der Waals surface area contributed by atoms with Gasteiger partial charge in [0.25, 0.3) is 5.91 Å². The van der Waals surface area contributed by atoms with E-state index in [9.17, 15) is 9.59 Å². The molecule has 1 aliphatic heterocycles. The van der Waals surface area contributed by atoms with Crippen molar-refractivity contribution in [1.29, 1.82) is 0 Å². The van der Waals surface area contributed by atoms with Crippen LogP contribution in [0, 0.1) is 6.92 Å². The van der Waals surface area contributed by atoms with Gasteiger partial charge in [0.15, 0.2) is 0 Å². The Morgan fingerprint density at radius 3 is 2.94 bits per heavy atom. The van der Waals surface area contributed by atoms with Crippen molar-refractivity contribution in [1.82, 2.24) is 10.4 Å². The molecule has 0 bridgehead atoms. The van der Waals surface area contributed by atoms with E-state index < -0.39 is 5.91 Å². The predicted molar refractivity (Wildman–Crippen MR) is 57.8 cm³/mol. The highest BCUT2D eigenvalue weighted by atomic mass is 16.2. The van der Waals surface area contributed by atoms with Crippen LogP contribution in [0.2, 0.25) is 0 Å². The molecule has 2 N–H and O–H groups in total. The third-order valence-electron chi connectivity index (χ3n) is 2.04. The number of hydrogen-bond donors (Lipinski definition) is 2. The van der Waals surface area contributed by atoms with E-state index in [1.54, 1.807) is 12.1 Å². The molecule has 0 saturated carbocycles. The fraction of sp³-hybridized carbons (Fsp3) is 0.200. The van der Waals surface area contributed by atoms with Crippen LogP contribution in [0.25, 0.3) is 0 Å². The van der Waals surface area contributed by atoms with Gasteiger partial charge in [0.05, 0.1) is 6.42 Å². The number of aryl methyl sites for hydroxylation is 1. The molecule has 0 atom stereocenters. The average Bonchev–Trinajstić information content (AvgIpc) is 2.65. The molecule has 82 valence electrons. The summed E-state index contributed by atoms with van der Waals surface area (Å²) in [6.07, 6.45) is 0.0116. The van der Waals surface area contributed by atoms with Gasteiger partial charge in [0.2, 0.25) is 5.91 Å². The van der Waals surface area contributed by atoms with Crippen LogP contribution in [-0.2, 0) is 9.59 Å². The molecule has 16 heavy (non-hydrogen) atoms. The first-order valence-electron chi connectivity index (χ1n) is 4.75. The third-order valence-corrected chi connectivity index (χ3v) is 2.04. The standard InChI is InChI=1S/C10H10N4O2/c1-6-3-2-4-8(11-6)12-10(16)7-5-9(15)14-13-7/h2-4H,5H2,1H3,(H,14,15)(H,11,12,16). The van der Waals surface area contributed by atoms with E-state index in [0.717, 1.165) is 5.69 Å². The Morgan fingerprint density at radius 1 is 1.50 bits per heavy atom. The van der Waals surface area contributed by atoms with E-state index in [4.69, 9.17) is 0 Å². The highest BCUT2D eigenvalue weighted by Crippen LogP contribution is 2.05. The Labute approximate surface area is 91.8 Å². The molecule has 2 amide bonds. The highest BCUT2D eigenvalue weighted by Gasteiger charge is 2.21. The lowest BCUT2D eigenvalue weighted by Crippen LogP contribution is -2.22. The summed E-state index contributed by atoms with van der Waals surface area (Å²) >= 11 is 0. The van der Waals surface area contributed by atoms with Crippen molar-refractivity contribution in [2.24, 2.45) is 5.10 Å². The van der Waals surface area contributed by atoms with Gasteiger partial charge in [0.1, 0.15) is 11.5 Å². The second-order valence-electron chi connectivity index (χ2n) is 3.39. The first-order chi connectivity index (χ1) is 7.65. The van der Waals surface area contributed by atoms with Gasteiger partial charge in [-0.2, -0.15) is 5.10 Å². The fourth-order valence-corrected chi connectivity index (χ4v) is 1.29. The summed E-state index contributed by atoms with van der Waals surface area (Å²) in [6, 6.07) is 5.29. The molecule has 2 rings (SSSR count). The first-order valence-corrected chi connectivity index (χ1v) is 4.75. The van der Waals surface area contributed by atoms with Crippen LogP contribution >= 0.6 is 0 Å². The number of rotatable bonds is 2. The van der Waals surface area contributed by atoms with Crippen molar-refractivity contribution in [2.45, 2.75) is 13.3 Å². The van der Waals surface area contributed by atoms with Crippen LogP contribution in [0.3, 0.4) is 0 Å². The normalized spacial score (nSPS) is 14.3. The van der Waals surface area contributed by atoms with Crippen LogP contribution in [0.4, 0.5) is 5.82 Å². The van der Waals surface area contributed by atoms with Crippen molar-refractivity contribution in [2.75, 3.05) is 5.32 Å². The molecular weight excluding hydrogens is 208 g/mol. The van der Waals surface area contributed by atoms with Crippen molar-refractivity contribution in [3.63, 3.8) is 0 Å². The molecule has 6 nitrogen and oxygen atoms in total. The maximum Gasteiger partial charge on any atom is 0.273 e. The minimum Gasteiger partial charge on any atom is -0.305 e. The molecular formula is C10H10N4O2. The van der Waals surface area contributed by atoms with Gasteiger partial charge in [-0.05, 0) is 19.1 Å². The summed E-state index contributed by atoms with van der Waals surface area (Å²) in [4.78, 5) is 26.6. The lowest BCUT2D eigenvalue weighted by atomic mass is 10.2. The van der Waals surface area contributed by atoms with Gasteiger partial charge in [-0.15, -0.1) is 0 Å². The topological polar surface area (TPSA) is 83.5 Å². The maximum atomic E-state index is 11.6. The van der Waals surface area contributed by atoms with Gasteiger partial charge < -0.3 is 5.32 Å². The van der Waals surface area contributed by atoms with E-state index in [-0.39, 0.29) is 18.0 Å². The Balaban J connectivity index is 2.05. The van der Waals surface area contributed by atoms with E-state index in [0.29, 0.717) is 5.82 Å². The zero-order valence-corrected chi connectivity index (χ0v) is 8.65. The maximum absolute atomic E-state index is 11.6. The molecule has 0 aromatic carbocycles. The van der Waals surface area contributed by atoms with Crippen LogP contribution in [-0.4, -0.2) is 22.5 Å². The number of carbonyl (C=O) groups excluding carboxylic acids is 2. The number of aromatic nitrogens is 1. The molecule has 0 fully saturated rings. The number of nitrogens with zero attached hydrogens (tertiary/aromatic N) is 2. The molecule has 1 aromatic rings. The lowest BCUT2D eigenvalue weighted by molar-refractivity contribution is -0.119. The second-order valence-corrected chi connectivity index (χ2v) is 3.39. The van der Waals surface area contributed by atoms with Gasteiger partial charge in [-0.25, -0.2) is 10.4 Å². The lowest BCUT2D eigenvalue weighted by Gasteiger charge is -2.03. The van der Waals surface area contributed by atoms with E-state index >= 15 is 0 Å². The quantitative estimate of drug-likeness (QED) is 0.744. The number of anilines is 1. The average molecular weight is 218 g/mol. The fourth-order valence-electron chi connectivity index (χ4n) is 1.29. The monoisotopic (exact) mass is 218 g/mol. The van der Waals surface area contributed by atoms with Crippen LogP contribution in [0.1, 0.15) is 12.1 Å². The number of carbonyl (C=O) groups is 2. The summed E-state index contributed by atoms with van der Waals surface area (Å²) in [5.41, 5.74) is 3.20. The van der Waals surface area contributed by atoms with Crippen molar-refractivity contribution in [3.05, 3.63) is 23.9 Å². The van der Waals surface area contributed by atoms with E-state index in [1.165, 1.54) is 0 Å². The minimum absolute atomic E-state index is 0.0116. The predicted octanol–water partition coefficient (Wildman–Crippen LogP) is 0.204. The smallest absolute Gasteiger partial charge is 0.273 e. The molecule has 0 spiro atoms. The Kier molecular flexibility index (Phi) is 2.63. The number of nitrogens with one attached hydrogen (secondary N) is 2. The molecule has 6 heteroatoms. The van der Waals surface area contributed by atoms with E-state index in [1.807, 2.05) is 13.0 Å². The summed E-state index contributed by atoms with van der Waals surface area (Å²) in [5, 5.41) is 6.18. The summed E-state index contributed by atoms with van der Waals surface area (Å²) < 4.78 is 0. The SMILES string of the molecule is Cc1cccc(NC(=O)C2=NNC(=O)C2)n1. The van der Waals surface area contributed by atoms with Crippen molar-refractivity contribution in [3.8, 4) is 0 Å². The van der Waals surface area contributed by atoms with Crippen LogP contribution in [0.15, 0.2) is 23.3 Å². The zero-order valence-electron chi connectivity index (χ0n) is 8.65. The van der Waals surface area contributed by atoms with Gasteiger partial charge in [-0.1, -0.05) is 6.07 Å². The van der Waals surface area contributed by atoms with Crippen LogP contribution < -0.4 is 10.7 Å². The molecule has 0 saturated heterocycles. The summed E-state index contributed by atoms with van der Waals surface area (Å²) in [5.74, 6) is -0.231. The summed E-state index contributed by atoms with van der Waals surface area (Å²) in [7, 11) is 0. The second kappa shape index (κ2) is 4.09. The Morgan fingerprint density at radius 2 is 2.31 bits per heavy atom. The molecule has 0 radical (unpaired) electrons. The van der Waals surface area contributed by atoms with Crippen molar-refractivity contribution >= 4 is 23.3 Å². The molecule has 0 unspecified atom stereocenters. The van der Waals surface area contributed by atoms with Crippen molar-refractivity contribution < 1.29 is 9.59 Å². The molecule has 0 aliphatic carbocycles. The van der Waals surface area contributed by atoms with Gasteiger partial charge in [-0.3, -0.25) is 9.59 Å². The number of pyridine rings is 1. The molecule has 1 aliphatic rings. The molecule has 2 heterocycles.